The van der Waals surface area contributed by atoms with Crippen molar-refractivity contribution in [2.75, 3.05) is 18.9 Å². The molecule has 4 heteroatoms. The van der Waals surface area contributed by atoms with Gasteiger partial charge in [0.1, 0.15) is 5.75 Å². The number of nitrogens with one attached hydrogen (secondary N) is 1. The molecule has 122 valence electrons. The van der Waals surface area contributed by atoms with Crippen molar-refractivity contribution in [2.24, 2.45) is 0 Å². The van der Waals surface area contributed by atoms with Crippen LogP contribution in [0.4, 0.5) is 5.69 Å². The van der Waals surface area contributed by atoms with Crippen molar-refractivity contribution in [2.45, 2.75) is 58.1 Å². The average molecular weight is 304 g/mol. The number of hydrogen-bond donors (Lipinski definition) is 1. The van der Waals surface area contributed by atoms with Gasteiger partial charge in [-0.25, -0.2) is 0 Å². The summed E-state index contributed by atoms with van der Waals surface area (Å²) in [5.41, 5.74) is 2.06. The highest BCUT2D eigenvalue weighted by Crippen LogP contribution is 2.36. The number of amides is 1. The number of benzene rings is 1. The predicted molar refractivity (Wildman–Crippen MR) is 90.6 cm³/mol. The van der Waals surface area contributed by atoms with Gasteiger partial charge >= 0.3 is 0 Å². The van der Waals surface area contributed by atoms with Gasteiger partial charge in [-0.1, -0.05) is 13.0 Å². The van der Waals surface area contributed by atoms with Crippen LogP contribution in [-0.2, 0) is 4.79 Å². The van der Waals surface area contributed by atoms with E-state index in [1.165, 1.54) is 24.8 Å². The second-order valence-electron chi connectivity index (χ2n) is 6.45. The summed E-state index contributed by atoms with van der Waals surface area (Å²) in [5.74, 6) is 1.34. The fourth-order valence-corrected chi connectivity index (χ4v) is 3.28. The molecule has 0 aliphatic carbocycles. The maximum absolute atomic E-state index is 10.7. The fourth-order valence-electron chi connectivity index (χ4n) is 3.28. The first kappa shape index (κ1) is 16.8. The minimum atomic E-state index is 0.0864. The molecule has 2 rings (SSSR count). The van der Waals surface area contributed by atoms with Crippen LogP contribution in [0.2, 0.25) is 0 Å². The number of carbonyl (C=O) groups is 1. The Morgan fingerprint density at radius 1 is 1.45 bits per heavy atom. The molecule has 1 amide bonds. The Hall–Kier alpha value is -1.55. The van der Waals surface area contributed by atoms with Crippen molar-refractivity contribution in [3.05, 3.63) is 23.8 Å². The molecule has 0 saturated carbocycles. The SMILES string of the molecule is CC[C@@H]1C[C@@H](c2ccc(NC=O)c(OC(C)C)c2)CCN1C. The molecule has 0 radical (unpaired) electrons. The second kappa shape index (κ2) is 7.63. The molecule has 1 aliphatic heterocycles. The Bertz CT molecular complexity index is 502. The fraction of sp³-hybridized carbons (Fsp3) is 0.611. The third-order valence-electron chi connectivity index (χ3n) is 4.54. The molecule has 1 N–H and O–H groups in total. The second-order valence-corrected chi connectivity index (χ2v) is 6.45. The van der Waals surface area contributed by atoms with E-state index in [4.69, 9.17) is 4.74 Å². The van der Waals surface area contributed by atoms with Crippen LogP contribution >= 0.6 is 0 Å². The molecule has 1 aromatic carbocycles. The summed E-state index contributed by atoms with van der Waals surface area (Å²) in [6.07, 6.45) is 4.34. The highest BCUT2D eigenvalue weighted by Gasteiger charge is 2.26. The van der Waals surface area contributed by atoms with Gasteiger partial charge in [0, 0.05) is 6.04 Å². The number of rotatable bonds is 6. The lowest BCUT2D eigenvalue weighted by molar-refractivity contribution is -0.105. The Morgan fingerprint density at radius 2 is 2.23 bits per heavy atom. The first-order valence-corrected chi connectivity index (χ1v) is 8.26. The largest absolute Gasteiger partial charge is 0.489 e. The third kappa shape index (κ3) is 4.01. The Kier molecular flexibility index (Phi) is 5.83. The van der Waals surface area contributed by atoms with E-state index >= 15 is 0 Å². The van der Waals surface area contributed by atoms with Gasteiger partial charge in [0.25, 0.3) is 0 Å². The van der Waals surface area contributed by atoms with Crippen molar-refractivity contribution >= 4 is 12.1 Å². The summed E-state index contributed by atoms with van der Waals surface area (Å²) in [5, 5.41) is 2.72. The van der Waals surface area contributed by atoms with Crippen LogP contribution in [0.25, 0.3) is 0 Å². The van der Waals surface area contributed by atoms with Crippen molar-refractivity contribution in [1.82, 2.24) is 4.90 Å². The molecule has 22 heavy (non-hydrogen) atoms. The van der Waals surface area contributed by atoms with E-state index in [1.807, 2.05) is 19.9 Å². The molecule has 1 heterocycles. The molecule has 0 spiro atoms. The minimum Gasteiger partial charge on any atom is -0.489 e. The van der Waals surface area contributed by atoms with Crippen LogP contribution in [0.5, 0.6) is 5.75 Å². The molecule has 1 saturated heterocycles. The smallest absolute Gasteiger partial charge is 0.211 e. The van der Waals surface area contributed by atoms with Crippen molar-refractivity contribution in [1.29, 1.82) is 0 Å². The van der Waals surface area contributed by atoms with Gasteiger partial charge in [-0.2, -0.15) is 0 Å². The lowest BCUT2D eigenvalue weighted by Crippen LogP contribution is -2.38. The predicted octanol–water partition coefficient (Wildman–Crippen LogP) is 3.63. The average Bonchev–Trinajstić information content (AvgIpc) is 2.49. The van der Waals surface area contributed by atoms with Crippen LogP contribution in [0.1, 0.15) is 51.5 Å². The molecule has 0 aromatic heterocycles. The lowest BCUT2D eigenvalue weighted by atomic mass is 9.84. The van der Waals surface area contributed by atoms with Gasteiger partial charge in [0.05, 0.1) is 11.8 Å². The number of hydrogen-bond acceptors (Lipinski definition) is 3. The van der Waals surface area contributed by atoms with E-state index in [-0.39, 0.29) is 6.10 Å². The summed E-state index contributed by atoms with van der Waals surface area (Å²) >= 11 is 0. The topological polar surface area (TPSA) is 41.6 Å². The number of ether oxygens (including phenoxy) is 1. The summed E-state index contributed by atoms with van der Waals surface area (Å²) < 4.78 is 5.87. The van der Waals surface area contributed by atoms with Crippen molar-refractivity contribution < 1.29 is 9.53 Å². The zero-order chi connectivity index (χ0) is 16.1. The van der Waals surface area contributed by atoms with Crippen LogP contribution in [-0.4, -0.2) is 37.0 Å². The highest BCUT2D eigenvalue weighted by atomic mass is 16.5. The number of anilines is 1. The van der Waals surface area contributed by atoms with Gasteiger partial charge in [-0.3, -0.25) is 4.79 Å². The number of carbonyl (C=O) groups excluding carboxylic acids is 1. The molecular formula is C18H28N2O2. The normalized spacial score (nSPS) is 22.6. The van der Waals surface area contributed by atoms with Gasteiger partial charge in [-0.15, -0.1) is 0 Å². The van der Waals surface area contributed by atoms with Gasteiger partial charge in [-0.05, 0) is 70.3 Å². The molecular weight excluding hydrogens is 276 g/mol. The number of nitrogens with zero attached hydrogens (tertiary/aromatic N) is 1. The van der Waals surface area contributed by atoms with Gasteiger partial charge in [0.15, 0.2) is 0 Å². The van der Waals surface area contributed by atoms with E-state index in [1.54, 1.807) is 0 Å². The molecule has 1 aromatic rings. The quantitative estimate of drug-likeness (QED) is 0.816. The van der Waals surface area contributed by atoms with Crippen LogP contribution < -0.4 is 10.1 Å². The Balaban J connectivity index is 2.22. The zero-order valence-electron chi connectivity index (χ0n) is 14.1. The van der Waals surface area contributed by atoms with Crippen LogP contribution in [0.15, 0.2) is 18.2 Å². The standard InChI is InChI=1S/C18H28N2O2/c1-5-16-10-15(8-9-20(16)4)14-6-7-17(19-12-21)18(11-14)22-13(2)3/h6-7,11-13,15-16H,5,8-10H2,1-4H3,(H,19,21)/t15-,16+/m0/s1. The van der Waals surface area contributed by atoms with Crippen molar-refractivity contribution in [3.63, 3.8) is 0 Å². The van der Waals surface area contributed by atoms with Crippen LogP contribution in [0, 0.1) is 0 Å². The molecule has 0 bridgehead atoms. The summed E-state index contributed by atoms with van der Waals surface area (Å²) in [6.45, 7) is 7.39. The van der Waals surface area contributed by atoms with E-state index in [9.17, 15) is 4.79 Å². The molecule has 4 nitrogen and oxygen atoms in total. The molecule has 1 fully saturated rings. The first-order chi connectivity index (χ1) is 10.5. The number of piperidine rings is 1. The van der Waals surface area contributed by atoms with Gasteiger partial charge < -0.3 is 15.0 Å². The first-order valence-electron chi connectivity index (χ1n) is 8.26. The van der Waals surface area contributed by atoms with E-state index in [0.29, 0.717) is 18.4 Å². The molecule has 1 aliphatic rings. The van der Waals surface area contributed by atoms with Crippen LogP contribution in [0.3, 0.4) is 0 Å². The summed E-state index contributed by atoms with van der Waals surface area (Å²) in [6, 6.07) is 6.85. The Morgan fingerprint density at radius 3 is 2.86 bits per heavy atom. The third-order valence-corrected chi connectivity index (χ3v) is 4.54. The maximum Gasteiger partial charge on any atom is 0.211 e. The monoisotopic (exact) mass is 304 g/mol. The summed E-state index contributed by atoms with van der Waals surface area (Å²) in [7, 11) is 2.22. The zero-order valence-corrected chi connectivity index (χ0v) is 14.1. The minimum absolute atomic E-state index is 0.0864. The molecule has 2 atom stereocenters. The van der Waals surface area contributed by atoms with E-state index in [2.05, 4.69) is 36.3 Å². The van der Waals surface area contributed by atoms with E-state index in [0.717, 1.165) is 18.0 Å². The number of likely N-dealkylation sites (tertiary alicyclic amines) is 1. The Labute approximate surface area is 133 Å². The lowest BCUT2D eigenvalue weighted by Gasteiger charge is -2.37. The van der Waals surface area contributed by atoms with Crippen molar-refractivity contribution in [3.8, 4) is 5.75 Å². The van der Waals surface area contributed by atoms with Gasteiger partial charge in [0.2, 0.25) is 6.41 Å². The molecule has 0 unspecified atom stereocenters. The highest BCUT2D eigenvalue weighted by molar-refractivity contribution is 5.75. The summed E-state index contributed by atoms with van der Waals surface area (Å²) in [4.78, 5) is 13.2. The van der Waals surface area contributed by atoms with E-state index < -0.39 is 0 Å². The maximum atomic E-state index is 10.7.